The van der Waals surface area contributed by atoms with E-state index in [0.717, 1.165) is 19.3 Å². The number of hydrogen-bond donors (Lipinski definition) is 2. The molecule has 31 heavy (non-hydrogen) atoms. The maximum Gasteiger partial charge on any atom is 0.408 e. The van der Waals surface area contributed by atoms with Crippen LogP contribution in [0.1, 0.15) is 85.0 Å². The van der Waals surface area contributed by atoms with E-state index < -0.39 is 23.3 Å². The van der Waals surface area contributed by atoms with Gasteiger partial charge in [0, 0.05) is 5.69 Å². The quantitative estimate of drug-likeness (QED) is 0.514. The van der Waals surface area contributed by atoms with E-state index in [2.05, 4.69) is 17.6 Å². The molecule has 174 valence electrons. The molecule has 0 spiro atoms. The van der Waals surface area contributed by atoms with Crippen molar-refractivity contribution in [2.75, 3.05) is 5.32 Å². The Bertz CT molecular complexity index is 752. The van der Waals surface area contributed by atoms with Crippen LogP contribution in [0.15, 0.2) is 24.3 Å². The normalized spacial score (nSPS) is 14.4. The van der Waals surface area contributed by atoms with E-state index in [4.69, 9.17) is 9.47 Å². The second kappa shape index (κ2) is 11.2. The van der Waals surface area contributed by atoms with Crippen LogP contribution in [0.3, 0.4) is 0 Å². The van der Waals surface area contributed by atoms with Gasteiger partial charge in [-0.25, -0.2) is 9.59 Å². The van der Waals surface area contributed by atoms with Crippen LogP contribution < -0.4 is 10.6 Å². The van der Waals surface area contributed by atoms with Crippen LogP contribution in [0.25, 0.3) is 0 Å². The molecular weight excluding hydrogens is 396 g/mol. The van der Waals surface area contributed by atoms with Gasteiger partial charge in [-0.1, -0.05) is 34.1 Å². The summed E-state index contributed by atoms with van der Waals surface area (Å²) in [6.45, 7) is 14.9. The van der Waals surface area contributed by atoms with Gasteiger partial charge in [0.2, 0.25) is 5.91 Å². The summed E-state index contributed by atoms with van der Waals surface area (Å²) in [7, 11) is 0. The highest BCUT2D eigenvalue weighted by Gasteiger charge is 2.28. The summed E-state index contributed by atoms with van der Waals surface area (Å²) < 4.78 is 10.9. The molecule has 2 N–H and O–H groups in total. The summed E-state index contributed by atoms with van der Waals surface area (Å²) in [5.74, 6) is -0.896. The lowest BCUT2D eigenvalue weighted by molar-refractivity contribution is -0.119. The first-order valence-electron chi connectivity index (χ1n) is 10.9. The molecule has 0 saturated heterocycles. The Balaban J connectivity index is 2.80. The number of benzene rings is 1. The van der Waals surface area contributed by atoms with Gasteiger partial charge in [-0.3, -0.25) is 4.79 Å². The van der Waals surface area contributed by atoms with Gasteiger partial charge in [0.1, 0.15) is 17.2 Å². The van der Waals surface area contributed by atoms with Gasteiger partial charge in [0.25, 0.3) is 0 Å². The van der Waals surface area contributed by atoms with Crippen LogP contribution in [0, 0.1) is 5.92 Å². The van der Waals surface area contributed by atoms with Gasteiger partial charge in [0.15, 0.2) is 0 Å². The minimum Gasteiger partial charge on any atom is -0.456 e. The predicted molar refractivity (Wildman–Crippen MR) is 122 cm³/mol. The molecule has 7 heteroatoms. The zero-order chi connectivity index (χ0) is 23.8. The minimum absolute atomic E-state index is 0.146. The van der Waals surface area contributed by atoms with Crippen molar-refractivity contribution in [2.45, 2.75) is 91.9 Å². The summed E-state index contributed by atoms with van der Waals surface area (Å²) in [6, 6.07) is 5.75. The highest BCUT2D eigenvalue weighted by molar-refractivity contribution is 5.97. The van der Waals surface area contributed by atoms with Gasteiger partial charge in [0.05, 0.1) is 5.56 Å². The number of anilines is 1. The van der Waals surface area contributed by atoms with Crippen LogP contribution in [0.5, 0.6) is 0 Å². The molecule has 2 amide bonds. The topological polar surface area (TPSA) is 93.7 Å². The molecule has 0 fully saturated rings. The number of alkyl carbamates (subject to hydrolysis) is 1. The van der Waals surface area contributed by atoms with Crippen molar-refractivity contribution in [3.63, 3.8) is 0 Å². The van der Waals surface area contributed by atoms with Crippen molar-refractivity contribution < 1.29 is 23.9 Å². The molecule has 0 aromatic heterocycles. The van der Waals surface area contributed by atoms with Crippen LogP contribution in [-0.2, 0) is 14.3 Å². The van der Waals surface area contributed by atoms with E-state index in [1.165, 1.54) is 0 Å². The van der Waals surface area contributed by atoms with Crippen molar-refractivity contribution in [3.05, 3.63) is 29.8 Å². The second-order valence-corrected chi connectivity index (χ2v) is 9.38. The molecule has 0 unspecified atom stereocenters. The third kappa shape index (κ3) is 8.99. The van der Waals surface area contributed by atoms with E-state index in [1.807, 2.05) is 27.7 Å². The Labute approximate surface area is 186 Å². The second-order valence-electron chi connectivity index (χ2n) is 9.38. The van der Waals surface area contributed by atoms with E-state index in [-0.39, 0.29) is 17.8 Å². The molecule has 1 rings (SSSR count). The number of rotatable bonds is 9. The monoisotopic (exact) mass is 434 g/mol. The van der Waals surface area contributed by atoms with Crippen LogP contribution in [0.2, 0.25) is 0 Å². The third-order valence-electron chi connectivity index (χ3n) is 4.88. The van der Waals surface area contributed by atoms with Gasteiger partial charge >= 0.3 is 12.1 Å². The smallest absolute Gasteiger partial charge is 0.408 e. The van der Waals surface area contributed by atoms with E-state index in [1.54, 1.807) is 45.0 Å². The van der Waals surface area contributed by atoms with Gasteiger partial charge in [-0.2, -0.15) is 0 Å². The summed E-state index contributed by atoms with van der Waals surface area (Å²) in [6.07, 6.45) is 1.81. The Morgan fingerprint density at radius 1 is 0.968 bits per heavy atom. The zero-order valence-corrected chi connectivity index (χ0v) is 20.1. The summed E-state index contributed by atoms with van der Waals surface area (Å²) >= 11 is 0. The standard InChI is InChI=1S/C24H38N2O5/c1-9-15-24(8,10-2)30-21(28)17-11-13-18(14-12-17)25-20(27)19(16(3)4)26-22(29)31-23(5,6)7/h11-14,16,19H,9-10,15H2,1-8H3,(H,25,27)(H,26,29)/t19-,24+/m0/s1. The van der Waals surface area contributed by atoms with Crippen molar-refractivity contribution in [2.24, 2.45) is 5.92 Å². The first kappa shape index (κ1) is 26.5. The number of carbonyl (C=O) groups is 3. The average molecular weight is 435 g/mol. The van der Waals surface area contributed by atoms with Gasteiger partial charge in [-0.05, 0) is 70.7 Å². The number of hydrogen-bond acceptors (Lipinski definition) is 5. The van der Waals surface area contributed by atoms with Crippen molar-refractivity contribution in [1.82, 2.24) is 5.32 Å². The number of carbonyl (C=O) groups excluding carboxylic acids is 3. The molecule has 0 aliphatic rings. The molecule has 0 radical (unpaired) electrons. The molecule has 0 aliphatic carbocycles. The fourth-order valence-corrected chi connectivity index (χ4v) is 2.99. The van der Waals surface area contributed by atoms with Crippen LogP contribution in [-0.4, -0.2) is 35.2 Å². The highest BCUT2D eigenvalue weighted by atomic mass is 16.6. The Kier molecular flexibility index (Phi) is 9.53. The Morgan fingerprint density at radius 3 is 2.00 bits per heavy atom. The molecule has 2 atom stereocenters. The largest absolute Gasteiger partial charge is 0.456 e. The van der Waals surface area contributed by atoms with Crippen LogP contribution >= 0.6 is 0 Å². The fourth-order valence-electron chi connectivity index (χ4n) is 2.99. The molecule has 1 aromatic carbocycles. The number of esters is 1. The molecule has 0 heterocycles. The third-order valence-corrected chi connectivity index (χ3v) is 4.88. The molecule has 0 aliphatic heterocycles. The number of amides is 2. The predicted octanol–water partition coefficient (Wildman–Crippen LogP) is 5.30. The number of nitrogens with one attached hydrogen (secondary N) is 2. The lowest BCUT2D eigenvalue weighted by atomic mass is 9.97. The minimum atomic E-state index is -0.765. The molecule has 0 bridgehead atoms. The highest BCUT2D eigenvalue weighted by Crippen LogP contribution is 2.24. The van der Waals surface area contributed by atoms with Crippen molar-refractivity contribution in [1.29, 1.82) is 0 Å². The molecule has 0 saturated carbocycles. The SMILES string of the molecule is CCC[C@@](C)(CC)OC(=O)c1ccc(NC(=O)[C@@H](NC(=O)OC(C)(C)C)C(C)C)cc1. The van der Waals surface area contributed by atoms with E-state index >= 15 is 0 Å². The zero-order valence-electron chi connectivity index (χ0n) is 20.1. The summed E-state index contributed by atoms with van der Waals surface area (Å²) in [5.41, 5.74) is -0.209. The molecule has 7 nitrogen and oxygen atoms in total. The maximum absolute atomic E-state index is 12.7. The van der Waals surface area contributed by atoms with Crippen molar-refractivity contribution in [3.8, 4) is 0 Å². The number of ether oxygens (including phenoxy) is 2. The maximum atomic E-state index is 12.7. The fraction of sp³-hybridized carbons (Fsp3) is 0.625. The lowest BCUT2D eigenvalue weighted by Gasteiger charge is -2.28. The van der Waals surface area contributed by atoms with E-state index in [0.29, 0.717) is 11.3 Å². The van der Waals surface area contributed by atoms with Gasteiger partial charge < -0.3 is 20.1 Å². The Hall–Kier alpha value is -2.57. The first-order chi connectivity index (χ1) is 14.3. The molecular formula is C24H38N2O5. The summed E-state index contributed by atoms with van der Waals surface area (Å²) in [4.78, 5) is 37.3. The van der Waals surface area contributed by atoms with Crippen LogP contribution in [0.4, 0.5) is 10.5 Å². The molecule has 1 aromatic rings. The van der Waals surface area contributed by atoms with E-state index in [9.17, 15) is 14.4 Å². The first-order valence-corrected chi connectivity index (χ1v) is 10.9. The lowest BCUT2D eigenvalue weighted by Crippen LogP contribution is -2.48. The van der Waals surface area contributed by atoms with Gasteiger partial charge in [-0.15, -0.1) is 0 Å². The Morgan fingerprint density at radius 2 is 1.55 bits per heavy atom. The summed E-state index contributed by atoms with van der Waals surface area (Å²) in [5, 5.41) is 5.40. The average Bonchev–Trinajstić information content (AvgIpc) is 2.65. The van der Waals surface area contributed by atoms with Crippen molar-refractivity contribution >= 4 is 23.7 Å².